The largest absolute Gasteiger partial charge is 0.465 e. The van der Waals surface area contributed by atoms with Crippen LogP contribution < -0.4 is 21.3 Å². The molecule has 0 aliphatic heterocycles. The van der Waals surface area contributed by atoms with Gasteiger partial charge in [0.1, 0.15) is 11.6 Å². The number of nitrogens with one attached hydrogen (secondary N) is 5. The molecule has 11 heteroatoms. The van der Waals surface area contributed by atoms with Crippen molar-refractivity contribution in [2.75, 3.05) is 29.0 Å². The number of aromatic nitrogens is 4. The predicted octanol–water partition coefficient (Wildman–Crippen LogP) is 3.70. The Balaban J connectivity index is 1.47. The second-order valence-electron chi connectivity index (χ2n) is 7.74. The molecule has 0 spiro atoms. The molecule has 0 radical (unpaired) electrons. The Morgan fingerprint density at radius 2 is 1.88 bits per heavy atom. The monoisotopic (exact) mass is 447 g/mol. The fourth-order valence-electron chi connectivity index (χ4n) is 3.22. The number of benzene rings is 1. The number of rotatable bonds is 11. The van der Waals surface area contributed by atoms with Gasteiger partial charge in [0.15, 0.2) is 5.82 Å². The number of carboxylic acid groups (broad SMARTS) is 1. The van der Waals surface area contributed by atoms with Crippen molar-refractivity contribution in [2.45, 2.75) is 31.6 Å². The van der Waals surface area contributed by atoms with Crippen molar-refractivity contribution in [3.63, 3.8) is 0 Å². The third-order valence-corrected chi connectivity index (χ3v) is 5.03. The molecule has 1 aromatic carbocycles. The zero-order valence-electron chi connectivity index (χ0n) is 17.9. The lowest BCUT2D eigenvalue weighted by Crippen LogP contribution is -2.23. The Kier molecular flexibility index (Phi) is 6.84. The highest BCUT2D eigenvalue weighted by Gasteiger charge is 2.25. The van der Waals surface area contributed by atoms with Gasteiger partial charge in [-0.25, -0.2) is 4.79 Å². The second kappa shape index (κ2) is 10.3. The van der Waals surface area contributed by atoms with E-state index in [-0.39, 0.29) is 0 Å². The minimum absolute atomic E-state index is 0.343. The maximum absolute atomic E-state index is 10.6. The van der Waals surface area contributed by atoms with Crippen molar-refractivity contribution >= 4 is 35.2 Å². The van der Waals surface area contributed by atoms with Gasteiger partial charge < -0.3 is 26.4 Å². The average molecular weight is 448 g/mol. The van der Waals surface area contributed by atoms with Crippen LogP contribution in [0.25, 0.3) is 0 Å². The smallest absolute Gasteiger partial charge is 0.404 e. The van der Waals surface area contributed by atoms with Crippen molar-refractivity contribution in [1.29, 1.82) is 5.26 Å². The summed E-state index contributed by atoms with van der Waals surface area (Å²) in [5, 5.41) is 36.8. The number of nitrogens with zero attached hydrogens (tertiary/aromatic N) is 4. The summed E-state index contributed by atoms with van der Waals surface area (Å²) in [6.45, 7) is 0.878. The zero-order chi connectivity index (χ0) is 23.0. The molecular weight excluding hydrogens is 422 g/mol. The van der Waals surface area contributed by atoms with Gasteiger partial charge in [-0.05, 0) is 37.0 Å². The fourth-order valence-corrected chi connectivity index (χ4v) is 3.22. The lowest BCUT2D eigenvalue weighted by molar-refractivity contribution is 0.194. The Morgan fingerprint density at radius 3 is 2.61 bits per heavy atom. The topological polar surface area (TPSA) is 164 Å². The second-order valence-corrected chi connectivity index (χ2v) is 7.74. The highest BCUT2D eigenvalue weighted by Crippen LogP contribution is 2.39. The summed E-state index contributed by atoms with van der Waals surface area (Å²) < 4.78 is 0. The van der Waals surface area contributed by atoms with Gasteiger partial charge in [-0.1, -0.05) is 12.1 Å². The molecule has 1 aliphatic rings. The average Bonchev–Trinajstić information content (AvgIpc) is 3.54. The number of anilines is 5. The molecule has 4 rings (SSSR count). The SMILES string of the molecule is N#CCc1ccc(Nc2nc(NCCCNC(=O)O)cc(Nc3cc(C4CC4)[nH]n3)n2)cc1. The summed E-state index contributed by atoms with van der Waals surface area (Å²) in [6.07, 6.45) is 2.28. The fraction of sp³-hybridized carbons (Fsp3) is 0.318. The van der Waals surface area contributed by atoms with Gasteiger partial charge in [0.25, 0.3) is 0 Å². The molecule has 0 atom stereocenters. The summed E-state index contributed by atoms with van der Waals surface area (Å²) in [4.78, 5) is 19.6. The maximum atomic E-state index is 10.6. The van der Waals surface area contributed by atoms with E-state index < -0.39 is 6.09 Å². The summed E-state index contributed by atoms with van der Waals surface area (Å²) in [6, 6.07) is 13.4. The van der Waals surface area contributed by atoms with Crippen molar-refractivity contribution in [3.8, 4) is 6.07 Å². The predicted molar refractivity (Wildman–Crippen MR) is 124 cm³/mol. The van der Waals surface area contributed by atoms with Crippen LogP contribution >= 0.6 is 0 Å². The molecule has 11 nitrogen and oxygen atoms in total. The lowest BCUT2D eigenvalue weighted by Gasteiger charge is -2.12. The van der Waals surface area contributed by atoms with E-state index in [0.29, 0.717) is 55.3 Å². The van der Waals surface area contributed by atoms with Crippen molar-refractivity contribution in [2.24, 2.45) is 0 Å². The van der Waals surface area contributed by atoms with E-state index in [9.17, 15) is 4.79 Å². The maximum Gasteiger partial charge on any atom is 0.404 e. The number of H-pyrrole nitrogens is 1. The van der Waals surface area contributed by atoms with Gasteiger partial charge >= 0.3 is 6.09 Å². The van der Waals surface area contributed by atoms with Crippen LogP contribution in [-0.4, -0.2) is 44.5 Å². The molecule has 2 heterocycles. The summed E-state index contributed by atoms with van der Waals surface area (Å²) >= 11 is 0. The van der Waals surface area contributed by atoms with Gasteiger partial charge in [-0.15, -0.1) is 0 Å². The number of hydrogen-bond donors (Lipinski definition) is 6. The molecule has 1 aliphatic carbocycles. The summed E-state index contributed by atoms with van der Waals surface area (Å²) in [5.74, 6) is 2.78. The van der Waals surface area contributed by atoms with Crippen LogP contribution in [0, 0.1) is 11.3 Å². The van der Waals surface area contributed by atoms with E-state index in [1.54, 1.807) is 6.07 Å². The summed E-state index contributed by atoms with van der Waals surface area (Å²) in [5.41, 5.74) is 2.84. The molecule has 2 aromatic heterocycles. The van der Waals surface area contributed by atoms with Crippen molar-refractivity contribution < 1.29 is 9.90 Å². The first-order valence-electron chi connectivity index (χ1n) is 10.7. The molecule has 170 valence electrons. The molecule has 0 bridgehead atoms. The van der Waals surface area contributed by atoms with Crippen LogP contribution in [0.1, 0.15) is 36.4 Å². The summed E-state index contributed by atoms with van der Waals surface area (Å²) in [7, 11) is 0. The van der Waals surface area contributed by atoms with E-state index in [1.165, 1.54) is 12.8 Å². The number of amides is 1. The van der Waals surface area contributed by atoms with Crippen LogP contribution in [-0.2, 0) is 6.42 Å². The number of aromatic amines is 1. The van der Waals surface area contributed by atoms with Crippen molar-refractivity contribution in [3.05, 3.63) is 47.7 Å². The lowest BCUT2D eigenvalue weighted by atomic mass is 10.1. The molecule has 1 fully saturated rings. The Morgan fingerprint density at radius 1 is 1.09 bits per heavy atom. The first kappa shape index (κ1) is 21.9. The molecule has 33 heavy (non-hydrogen) atoms. The zero-order valence-corrected chi connectivity index (χ0v) is 17.9. The number of nitriles is 1. The van der Waals surface area contributed by atoms with Crippen LogP contribution in [0.15, 0.2) is 36.4 Å². The minimum Gasteiger partial charge on any atom is -0.465 e. The van der Waals surface area contributed by atoms with Gasteiger partial charge in [-0.3, -0.25) is 5.10 Å². The molecule has 0 unspecified atom stereocenters. The van der Waals surface area contributed by atoms with Crippen LogP contribution in [0.4, 0.5) is 33.9 Å². The van der Waals surface area contributed by atoms with Gasteiger partial charge in [0.05, 0.1) is 12.5 Å². The van der Waals surface area contributed by atoms with Crippen molar-refractivity contribution in [1.82, 2.24) is 25.5 Å². The highest BCUT2D eigenvalue weighted by molar-refractivity contribution is 5.64. The van der Waals surface area contributed by atoms with Crippen LogP contribution in [0.3, 0.4) is 0 Å². The van der Waals surface area contributed by atoms with E-state index >= 15 is 0 Å². The third kappa shape index (κ3) is 6.57. The van der Waals surface area contributed by atoms with Gasteiger partial charge in [-0.2, -0.15) is 20.3 Å². The van der Waals surface area contributed by atoms with Crippen LogP contribution in [0.2, 0.25) is 0 Å². The minimum atomic E-state index is -1.04. The number of carbonyl (C=O) groups is 1. The van der Waals surface area contributed by atoms with Crippen LogP contribution in [0.5, 0.6) is 0 Å². The molecule has 1 amide bonds. The Hall–Kier alpha value is -4.33. The molecule has 6 N–H and O–H groups in total. The first-order valence-corrected chi connectivity index (χ1v) is 10.7. The van der Waals surface area contributed by atoms with Gasteiger partial charge in [0.2, 0.25) is 5.95 Å². The molecule has 0 saturated heterocycles. The standard InChI is InChI=1S/C22H25N9O2/c23-9-8-14-2-6-16(7-3-14)26-21-28-18(24-10-1-11-25-22(32)33)13-19(29-21)27-20-12-17(30-31-20)15-4-5-15/h2-3,6-7,12-13,15,25H,1,4-5,8,10-11H2,(H,32,33)(H4,24,26,27,28,29,30,31). The van der Waals surface area contributed by atoms with E-state index in [1.807, 2.05) is 30.3 Å². The normalized spacial score (nSPS) is 12.6. The number of hydrogen-bond acceptors (Lipinski definition) is 8. The quantitative estimate of drug-likeness (QED) is 0.240. The van der Waals surface area contributed by atoms with E-state index in [4.69, 9.17) is 10.4 Å². The molecular formula is C22H25N9O2. The Labute approximate surface area is 190 Å². The van der Waals surface area contributed by atoms with E-state index in [0.717, 1.165) is 16.9 Å². The third-order valence-electron chi connectivity index (χ3n) is 5.03. The molecule has 1 saturated carbocycles. The highest BCUT2D eigenvalue weighted by atomic mass is 16.4. The van der Waals surface area contributed by atoms with E-state index in [2.05, 4.69) is 47.5 Å². The first-order chi connectivity index (χ1) is 16.1. The van der Waals surface area contributed by atoms with Gasteiger partial charge in [0, 0.05) is 42.5 Å². The Bertz CT molecular complexity index is 1130. The molecule has 3 aromatic rings.